The van der Waals surface area contributed by atoms with Gasteiger partial charge in [-0.3, -0.25) is 0 Å². The van der Waals surface area contributed by atoms with Gasteiger partial charge in [0.25, 0.3) is 0 Å². The first-order valence-electron chi connectivity index (χ1n) is 9.03. The molecule has 176 valence electrons. The molecule has 9 heteroatoms. The Labute approximate surface area is 226 Å². The van der Waals surface area contributed by atoms with Crippen molar-refractivity contribution in [3.8, 4) is 0 Å². The molecule has 0 unspecified atom stereocenters. The molecule has 7 nitrogen and oxygen atoms in total. The molecule has 0 aliphatic heterocycles. The number of benzene rings is 4. The van der Waals surface area contributed by atoms with E-state index in [1.807, 2.05) is 12.1 Å². The third-order valence-electron chi connectivity index (χ3n) is 4.62. The molecule has 5 aromatic rings. The summed E-state index contributed by atoms with van der Waals surface area (Å²) in [5, 5.41) is 6.98. The smallest absolute Gasteiger partial charge is 0 e. The van der Waals surface area contributed by atoms with Gasteiger partial charge in [-0.1, -0.05) is 46.3 Å². The largest absolute Gasteiger partial charge is 0 e. The molecule has 0 bridgehead atoms. The molecule has 0 aliphatic carbocycles. The van der Waals surface area contributed by atoms with Crippen LogP contribution in [0, 0.1) is 39.9 Å². The van der Waals surface area contributed by atoms with Crippen LogP contribution in [0.4, 0.5) is 0 Å². The van der Waals surface area contributed by atoms with Crippen LogP contribution in [0.25, 0.3) is 43.5 Å². The minimum atomic E-state index is 0. The van der Waals surface area contributed by atoms with E-state index >= 15 is 0 Å². The molecule has 36 heavy (non-hydrogen) atoms. The predicted octanol–water partition coefficient (Wildman–Crippen LogP) is 6.50. The third kappa shape index (κ3) is 7.69. The molecule has 4 aromatic carbocycles. The zero-order chi connectivity index (χ0) is 27.0. The second-order valence-electron chi connectivity index (χ2n) is 6.09. The Morgan fingerprint density at radius 1 is 0.667 bits per heavy atom. The maximum absolute atomic E-state index is 7.50. The maximum atomic E-state index is 7.50. The van der Waals surface area contributed by atoms with Crippen LogP contribution in [0.2, 0.25) is 0 Å². The van der Waals surface area contributed by atoms with E-state index in [1.165, 1.54) is 16.2 Å². The van der Waals surface area contributed by atoms with Gasteiger partial charge in [-0.05, 0) is 57.4 Å². The number of hydrogen-bond donors (Lipinski definition) is 0. The van der Waals surface area contributed by atoms with Crippen LogP contribution in [-0.4, -0.2) is 7.11 Å². The molecule has 0 saturated carbocycles. The second kappa shape index (κ2) is 19.1. The Kier molecular flexibility index (Phi) is 18.6. The van der Waals surface area contributed by atoms with Crippen LogP contribution in [-0.2, 0) is 45.4 Å². The number of rotatable bonds is 2. The van der Waals surface area contributed by atoms with Gasteiger partial charge in [0.2, 0.25) is 0 Å². The topological polar surface area (TPSA) is 122 Å². The normalized spacial score (nSPS) is 8.56. The van der Waals surface area contributed by atoms with Gasteiger partial charge in [0, 0.05) is 39.7 Å². The van der Waals surface area contributed by atoms with E-state index in [2.05, 4.69) is 104 Å². The molecule has 1 heterocycles. The van der Waals surface area contributed by atoms with Crippen molar-refractivity contribution >= 4 is 59.4 Å². The first kappa shape index (κ1) is 35.0. The molecule has 0 fully saturated rings. The Hall–Kier alpha value is -3.13. The Bertz CT molecular complexity index is 1480. The summed E-state index contributed by atoms with van der Waals surface area (Å²) in [6.07, 6.45) is 0. The van der Waals surface area contributed by atoms with Gasteiger partial charge in [-0.2, -0.15) is 0 Å². The van der Waals surface area contributed by atoms with Crippen molar-refractivity contribution in [1.82, 2.24) is 0 Å². The molecule has 0 spiro atoms. The van der Waals surface area contributed by atoms with Crippen LogP contribution in [0.3, 0.4) is 0 Å². The molecular weight excluding hydrogens is 568 g/mol. The molecule has 0 N–H and O–H groups in total. The molecule has 1 aromatic heterocycles. The predicted molar refractivity (Wildman–Crippen MR) is 125 cm³/mol. The van der Waals surface area contributed by atoms with Gasteiger partial charge in [0.1, 0.15) is 11.2 Å². The first-order chi connectivity index (χ1) is 17.2. The molecule has 0 saturated heterocycles. The van der Waals surface area contributed by atoms with Crippen molar-refractivity contribution < 1.29 is 49.8 Å². The second-order valence-corrected chi connectivity index (χ2v) is 7.00. The fraction of sp³-hybridized carbons (Fsp3) is 0.0370. The molecule has 0 aliphatic rings. The first-order valence-corrected chi connectivity index (χ1v) is 9.82. The monoisotopic (exact) mass is 580 g/mol. The van der Waals surface area contributed by atoms with Crippen molar-refractivity contribution in [2.75, 3.05) is 7.11 Å². The minimum absolute atomic E-state index is 0. The number of methoxy groups -OCH3 is 1. The van der Waals surface area contributed by atoms with Gasteiger partial charge in [-0.15, -0.1) is 0 Å². The van der Waals surface area contributed by atoms with E-state index in [1.54, 1.807) is 7.11 Å². The summed E-state index contributed by atoms with van der Waals surface area (Å²) >= 11 is 3.60. The number of halogens is 1. The number of ether oxygens (including phenoxy) is 1. The summed E-state index contributed by atoms with van der Waals surface area (Å²) in [4.78, 5) is 0. The Balaban J connectivity index is 0. The Morgan fingerprint density at radius 3 is 1.56 bits per heavy atom. The van der Waals surface area contributed by atoms with Crippen molar-refractivity contribution in [2.45, 2.75) is 0 Å². The zero-order valence-electron chi connectivity index (χ0n) is 18.4. The van der Waals surface area contributed by atoms with Crippen molar-refractivity contribution in [2.24, 2.45) is 0 Å². The van der Waals surface area contributed by atoms with Crippen LogP contribution < -0.4 is 0 Å². The molecule has 0 atom stereocenters. The molecular formula is C27H13BrCrO7. The van der Waals surface area contributed by atoms with Crippen molar-refractivity contribution in [3.05, 3.63) is 111 Å². The Morgan fingerprint density at radius 2 is 1.08 bits per heavy atom. The molecule has 5 rings (SSSR count). The summed E-state index contributed by atoms with van der Waals surface area (Å²) in [6, 6.07) is 20.8. The summed E-state index contributed by atoms with van der Waals surface area (Å²) in [5.41, 5.74) is 2.71. The zero-order valence-corrected chi connectivity index (χ0v) is 21.3. The number of fused-ring (bicyclic) bond motifs is 7. The fourth-order valence-corrected chi connectivity index (χ4v) is 3.92. The van der Waals surface area contributed by atoms with E-state index < -0.39 is 0 Å². The summed E-state index contributed by atoms with van der Waals surface area (Å²) in [6.45, 7) is 25.4. The van der Waals surface area contributed by atoms with Crippen LogP contribution in [0.1, 0.15) is 5.56 Å². The number of hydrogen-bond acceptors (Lipinski definition) is 2. The van der Waals surface area contributed by atoms with Crippen LogP contribution in [0.5, 0.6) is 0 Å². The van der Waals surface area contributed by atoms with Crippen LogP contribution >= 0.6 is 15.9 Å². The molecule has 0 amide bonds. The quantitative estimate of drug-likeness (QED) is 0.175. The average Bonchev–Trinajstić information content (AvgIpc) is 3.34. The van der Waals surface area contributed by atoms with E-state index in [0.29, 0.717) is 0 Å². The van der Waals surface area contributed by atoms with E-state index in [4.69, 9.17) is 32.4 Å². The average molecular weight is 581 g/mol. The van der Waals surface area contributed by atoms with E-state index in [0.717, 1.165) is 37.4 Å². The summed E-state index contributed by atoms with van der Waals surface area (Å²) in [7, 11) is 1.61. The van der Waals surface area contributed by atoms with Gasteiger partial charge < -0.3 is 9.15 Å². The summed E-state index contributed by atoms with van der Waals surface area (Å²) in [5.74, 6) is 0. The molecule has 2 radical (unpaired) electrons. The van der Waals surface area contributed by atoms with Crippen molar-refractivity contribution in [1.29, 1.82) is 0 Å². The van der Waals surface area contributed by atoms with Crippen molar-refractivity contribution in [3.63, 3.8) is 0 Å². The van der Waals surface area contributed by atoms with E-state index in [9.17, 15) is 0 Å². The van der Waals surface area contributed by atoms with Gasteiger partial charge in [0.15, 0.2) is 6.61 Å². The maximum Gasteiger partial charge on any atom is 0 e. The minimum Gasteiger partial charge on any atom is 0 e. The van der Waals surface area contributed by atoms with Gasteiger partial charge in [-0.25, -0.2) is 0 Å². The fourth-order valence-electron chi connectivity index (χ4n) is 3.56. The van der Waals surface area contributed by atoms with E-state index in [-0.39, 0.29) is 17.4 Å². The van der Waals surface area contributed by atoms with Gasteiger partial charge >= 0.3 is 56.5 Å². The SMILES string of the molecule is CO[C]c1ccc2ccc3oc4ccc5ccc(Br)cc5c4c3c2c1.[C-]#[O+].[C-]#[O+].[C-]#[O+].[C-]#[O+].[C-]#[O+].[Cr]. The summed E-state index contributed by atoms with van der Waals surface area (Å²) < 4.78 is 49.8. The van der Waals surface area contributed by atoms with Crippen LogP contribution in [0.15, 0.2) is 69.6 Å². The number of furan rings is 1. The third-order valence-corrected chi connectivity index (χ3v) is 5.11. The standard InChI is InChI=1S/C22H13BrO2.5CO.Cr/c1-24-12-13-2-3-14-5-8-19-21(17(14)10-13)22-18-11-16(23)7-4-15(18)6-9-20(22)25-19;5*1-2;/h2-11H,1H3;;;;;;. The van der Waals surface area contributed by atoms with Gasteiger partial charge in [0.05, 0.1) is 0 Å².